The van der Waals surface area contributed by atoms with E-state index >= 15 is 0 Å². The Morgan fingerprint density at radius 1 is 1.50 bits per heavy atom. The lowest BCUT2D eigenvalue weighted by Crippen LogP contribution is -2.41. The standard InChI is InChI=1S/C12H18N2O4/c1-5-17-10(15)6-14(8(2)3)12(16)11-9(4)13-7-18-11/h7-8H,5-6H2,1-4H3. The van der Waals surface area contributed by atoms with E-state index in [1.54, 1.807) is 13.8 Å². The molecule has 0 aliphatic rings. The summed E-state index contributed by atoms with van der Waals surface area (Å²) >= 11 is 0. The summed E-state index contributed by atoms with van der Waals surface area (Å²) < 4.78 is 9.89. The molecule has 1 heterocycles. The predicted molar refractivity (Wildman–Crippen MR) is 64.0 cm³/mol. The first-order valence-electron chi connectivity index (χ1n) is 5.84. The van der Waals surface area contributed by atoms with Crippen molar-refractivity contribution in [3.8, 4) is 0 Å². The van der Waals surface area contributed by atoms with Crippen molar-refractivity contribution in [1.82, 2.24) is 9.88 Å². The fourth-order valence-corrected chi connectivity index (χ4v) is 1.47. The molecular weight excluding hydrogens is 236 g/mol. The molecule has 0 atom stereocenters. The quantitative estimate of drug-likeness (QED) is 0.742. The van der Waals surface area contributed by atoms with Crippen molar-refractivity contribution in [3.05, 3.63) is 17.8 Å². The van der Waals surface area contributed by atoms with Crippen molar-refractivity contribution in [2.75, 3.05) is 13.2 Å². The van der Waals surface area contributed by atoms with Gasteiger partial charge in [0.25, 0.3) is 5.91 Å². The molecule has 6 nitrogen and oxygen atoms in total. The lowest BCUT2D eigenvalue weighted by molar-refractivity contribution is -0.144. The first kappa shape index (κ1) is 14.2. The first-order valence-corrected chi connectivity index (χ1v) is 5.84. The lowest BCUT2D eigenvalue weighted by Gasteiger charge is -2.24. The molecule has 0 aromatic carbocycles. The molecule has 1 aromatic rings. The second kappa shape index (κ2) is 6.18. The molecular formula is C12H18N2O4. The SMILES string of the molecule is CCOC(=O)CN(C(=O)c1ocnc1C)C(C)C. The van der Waals surface area contributed by atoms with Gasteiger partial charge >= 0.3 is 5.97 Å². The Morgan fingerprint density at radius 3 is 2.61 bits per heavy atom. The molecule has 0 unspecified atom stereocenters. The monoisotopic (exact) mass is 254 g/mol. The van der Waals surface area contributed by atoms with Crippen LogP contribution in [-0.4, -0.2) is 41.0 Å². The Kier molecular flexibility index (Phi) is 4.88. The fraction of sp³-hybridized carbons (Fsp3) is 0.583. The zero-order valence-corrected chi connectivity index (χ0v) is 11.1. The van der Waals surface area contributed by atoms with Gasteiger partial charge < -0.3 is 14.1 Å². The third-order valence-electron chi connectivity index (χ3n) is 2.43. The van der Waals surface area contributed by atoms with Crippen LogP contribution in [0.2, 0.25) is 0 Å². The largest absolute Gasteiger partial charge is 0.465 e. The van der Waals surface area contributed by atoms with Crippen molar-refractivity contribution in [3.63, 3.8) is 0 Å². The van der Waals surface area contributed by atoms with Crippen LogP contribution in [0.3, 0.4) is 0 Å². The number of carbonyl (C=O) groups excluding carboxylic acids is 2. The number of hydrogen-bond donors (Lipinski definition) is 0. The molecule has 0 aliphatic carbocycles. The molecule has 0 saturated heterocycles. The summed E-state index contributed by atoms with van der Waals surface area (Å²) in [6.45, 7) is 7.25. The number of amides is 1. The van der Waals surface area contributed by atoms with Gasteiger partial charge in [0.15, 0.2) is 6.39 Å². The van der Waals surface area contributed by atoms with Crippen molar-refractivity contribution >= 4 is 11.9 Å². The van der Waals surface area contributed by atoms with Gasteiger partial charge in [-0.15, -0.1) is 0 Å². The number of aromatic nitrogens is 1. The van der Waals surface area contributed by atoms with Gasteiger partial charge in [-0.2, -0.15) is 0 Å². The predicted octanol–water partition coefficient (Wildman–Crippen LogP) is 1.40. The topological polar surface area (TPSA) is 72.6 Å². The summed E-state index contributed by atoms with van der Waals surface area (Å²) in [5, 5.41) is 0. The Labute approximate surface area is 106 Å². The van der Waals surface area contributed by atoms with Crippen LogP contribution >= 0.6 is 0 Å². The van der Waals surface area contributed by atoms with Gasteiger partial charge in [0.2, 0.25) is 5.76 Å². The number of rotatable bonds is 5. The van der Waals surface area contributed by atoms with Crippen LogP contribution in [0.5, 0.6) is 0 Å². The molecule has 0 saturated carbocycles. The van der Waals surface area contributed by atoms with Crippen molar-refractivity contribution < 1.29 is 18.7 Å². The summed E-state index contributed by atoms with van der Waals surface area (Å²) in [7, 11) is 0. The molecule has 1 aromatic heterocycles. The number of ether oxygens (including phenoxy) is 1. The molecule has 0 bridgehead atoms. The zero-order valence-electron chi connectivity index (χ0n) is 11.1. The minimum atomic E-state index is -0.434. The minimum Gasteiger partial charge on any atom is -0.465 e. The molecule has 1 amide bonds. The van der Waals surface area contributed by atoms with Gasteiger partial charge in [-0.05, 0) is 27.7 Å². The van der Waals surface area contributed by atoms with Crippen LogP contribution in [0.4, 0.5) is 0 Å². The number of nitrogens with zero attached hydrogens (tertiary/aromatic N) is 2. The third-order valence-corrected chi connectivity index (χ3v) is 2.43. The molecule has 6 heteroatoms. The average Bonchev–Trinajstić information content (AvgIpc) is 2.71. The molecule has 0 spiro atoms. The smallest absolute Gasteiger partial charge is 0.325 e. The molecule has 0 radical (unpaired) electrons. The van der Waals surface area contributed by atoms with E-state index in [2.05, 4.69) is 4.98 Å². The number of carbonyl (C=O) groups is 2. The van der Waals surface area contributed by atoms with E-state index in [0.29, 0.717) is 12.3 Å². The van der Waals surface area contributed by atoms with Crippen LogP contribution in [0, 0.1) is 6.92 Å². The molecule has 100 valence electrons. The van der Waals surface area contributed by atoms with Crippen molar-refractivity contribution in [2.45, 2.75) is 33.7 Å². The Bertz CT molecular complexity index is 425. The lowest BCUT2D eigenvalue weighted by atomic mass is 10.2. The van der Waals surface area contributed by atoms with Crippen molar-refractivity contribution in [2.24, 2.45) is 0 Å². The minimum absolute atomic E-state index is 0.0928. The highest BCUT2D eigenvalue weighted by molar-refractivity contribution is 5.94. The van der Waals surface area contributed by atoms with Crippen LogP contribution in [0.1, 0.15) is 37.0 Å². The van der Waals surface area contributed by atoms with Gasteiger partial charge in [-0.1, -0.05) is 0 Å². The Morgan fingerprint density at radius 2 is 2.17 bits per heavy atom. The normalized spacial score (nSPS) is 10.5. The Hall–Kier alpha value is -1.85. The highest BCUT2D eigenvalue weighted by Gasteiger charge is 2.26. The highest BCUT2D eigenvalue weighted by atomic mass is 16.5. The van der Waals surface area contributed by atoms with E-state index in [4.69, 9.17) is 9.15 Å². The first-order chi connectivity index (χ1) is 8.47. The van der Waals surface area contributed by atoms with Crippen LogP contribution < -0.4 is 0 Å². The Balaban J connectivity index is 2.83. The van der Waals surface area contributed by atoms with Crippen molar-refractivity contribution in [1.29, 1.82) is 0 Å². The maximum absolute atomic E-state index is 12.2. The second-order valence-electron chi connectivity index (χ2n) is 4.10. The molecule has 0 aliphatic heterocycles. The van der Waals surface area contributed by atoms with Gasteiger partial charge in [-0.3, -0.25) is 9.59 Å². The van der Waals surface area contributed by atoms with Gasteiger partial charge in [0, 0.05) is 6.04 Å². The average molecular weight is 254 g/mol. The number of hydrogen-bond acceptors (Lipinski definition) is 5. The maximum atomic E-state index is 12.2. The molecule has 18 heavy (non-hydrogen) atoms. The maximum Gasteiger partial charge on any atom is 0.325 e. The molecule has 0 fully saturated rings. The van der Waals surface area contributed by atoms with Crippen LogP contribution in [0.25, 0.3) is 0 Å². The molecule has 1 rings (SSSR count). The van der Waals surface area contributed by atoms with Gasteiger partial charge in [-0.25, -0.2) is 4.98 Å². The zero-order chi connectivity index (χ0) is 13.7. The summed E-state index contributed by atoms with van der Waals surface area (Å²) in [5.41, 5.74) is 0.509. The summed E-state index contributed by atoms with van der Waals surface area (Å²) in [4.78, 5) is 28.9. The number of esters is 1. The molecule has 0 N–H and O–H groups in total. The van der Waals surface area contributed by atoms with E-state index in [9.17, 15) is 9.59 Å². The van der Waals surface area contributed by atoms with E-state index in [1.807, 2.05) is 13.8 Å². The van der Waals surface area contributed by atoms with E-state index in [-0.39, 0.29) is 24.3 Å². The van der Waals surface area contributed by atoms with Gasteiger partial charge in [0.05, 0.1) is 12.3 Å². The highest BCUT2D eigenvalue weighted by Crippen LogP contribution is 2.11. The van der Waals surface area contributed by atoms with Gasteiger partial charge in [0.1, 0.15) is 6.54 Å². The summed E-state index contributed by atoms with van der Waals surface area (Å²) in [6.07, 6.45) is 1.21. The summed E-state index contributed by atoms with van der Waals surface area (Å²) in [5.74, 6) is -0.627. The second-order valence-corrected chi connectivity index (χ2v) is 4.10. The van der Waals surface area contributed by atoms with E-state index in [1.165, 1.54) is 11.3 Å². The van der Waals surface area contributed by atoms with Crippen LogP contribution in [0.15, 0.2) is 10.8 Å². The van der Waals surface area contributed by atoms with E-state index < -0.39 is 5.97 Å². The number of aryl methyl sites for hydroxylation is 1. The third kappa shape index (κ3) is 3.32. The van der Waals surface area contributed by atoms with Crippen LogP contribution in [-0.2, 0) is 9.53 Å². The summed E-state index contributed by atoms with van der Waals surface area (Å²) in [6, 6.07) is -0.133. The van der Waals surface area contributed by atoms with E-state index in [0.717, 1.165) is 0 Å². The number of oxazole rings is 1. The fourth-order valence-electron chi connectivity index (χ4n) is 1.47.